The Labute approximate surface area is 212 Å². The third kappa shape index (κ3) is 11.8. The van der Waals surface area contributed by atoms with Crippen LogP contribution in [0.2, 0.25) is 0 Å². The molecule has 0 bridgehead atoms. The molecule has 1 radical (unpaired) electrons. The molecule has 2 heteroatoms. The van der Waals surface area contributed by atoms with Crippen LogP contribution < -0.4 is 0 Å². The monoisotopic (exact) mass is 552 g/mol. The summed E-state index contributed by atoms with van der Waals surface area (Å²) in [6.07, 6.45) is 13.4. The standard InChI is InChI=1S/C22H33O.C3H8.C2H6.Ho/c1-5-6-7-8-14-22(3,4)19-12-13-20(21(23)16-19)18-11-9-10-17(2)15-18;1-3-2;1-2;/h12,15-16,18,23H,5-11,14H2,1-4H3;3H2,1-2H3;1-2H3;/q-1;;;. The van der Waals surface area contributed by atoms with E-state index in [4.69, 9.17) is 0 Å². The van der Waals surface area contributed by atoms with Crippen LogP contribution in [0, 0.1) is 43.8 Å². The maximum atomic E-state index is 10.5. The number of hydrogen-bond donors (Lipinski definition) is 1. The normalized spacial score (nSPS) is 15.7. The van der Waals surface area contributed by atoms with Crippen molar-refractivity contribution in [1.29, 1.82) is 0 Å². The van der Waals surface area contributed by atoms with Crippen LogP contribution in [0.15, 0.2) is 23.8 Å². The topological polar surface area (TPSA) is 20.2 Å². The minimum atomic E-state index is 0. The van der Waals surface area contributed by atoms with Crippen molar-refractivity contribution < 1.29 is 42.8 Å². The number of unbranched alkanes of at least 4 members (excludes halogenated alkanes) is 3. The molecule has 0 spiro atoms. The smallest absolute Gasteiger partial charge is 0.00722 e. The number of aromatic hydroxyl groups is 1. The van der Waals surface area contributed by atoms with Crippen molar-refractivity contribution in [3.05, 3.63) is 41.0 Å². The zero-order chi connectivity index (χ0) is 21.6. The van der Waals surface area contributed by atoms with E-state index < -0.39 is 0 Å². The Kier molecular flexibility index (Phi) is 19.0. The van der Waals surface area contributed by atoms with Gasteiger partial charge in [-0.1, -0.05) is 104 Å². The van der Waals surface area contributed by atoms with Gasteiger partial charge >= 0.3 is 0 Å². The van der Waals surface area contributed by atoms with Gasteiger partial charge < -0.3 is 5.11 Å². The Morgan fingerprint density at radius 1 is 1.10 bits per heavy atom. The van der Waals surface area contributed by atoms with Gasteiger partial charge in [0.15, 0.2) is 0 Å². The summed E-state index contributed by atoms with van der Waals surface area (Å²) in [4.78, 5) is 0. The van der Waals surface area contributed by atoms with Gasteiger partial charge in [0.25, 0.3) is 0 Å². The van der Waals surface area contributed by atoms with Crippen molar-refractivity contribution in [3.63, 3.8) is 0 Å². The maximum Gasteiger partial charge on any atom is 0.00722 e. The molecule has 1 aliphatic rings. The molecule has 1 unspecified atom stereocenters. The molecule has 173 valence electrons. The van der Waals surface area contributed by atoms with Crippen molar-refractivity contribution in [1.82, 2.24) is 0 Å². The fraction of sp³-hybridized carbons (Fsp3) is 0.704. The van der Waals surface area contributed by atoms with Gasteiger partial charge in [0.2, 0.25) is 0 Å². The molecule has 1 aromatic carbocycles. The van der Waals surface area contributed by atoms with E-state index in [0.717, 1.165) is 12.0 Å². The van der Waals surface area contributed by atoms with Gasteiger partial charge in [0, 0.05) is 43.5 Å². The summed E-state index contributed by atoms with van der Waals surface area (Å²) in [6.45, 7) is 17.3. The van der Waals surface area contributed by atoms with Crippen LogP contribution in [0.1, 0.15) is 130 Å². The second kappa shape index (κ2) is 17.7. The Morgan fingerprint density at radius 2 is 1.72 bits per heavy atom. The molecular weight excluding hydrogens is 505 g/mol. The number of rotatable bonds is 7. The molecule has 1 N–H and O–H groups in total. The number of phenolic OH excluding ortho intramolecular Hbond substituents is 1. The van der Waals surface area contributed by atoms with Gasteiger partial charge in [-0.15, -0.1) is 17.2 Å². The van der Waals surface area contributed by atoms with Crippen LogP contribution in [0.25, 0.3) is 0 Å². The van der Waals surface area contributed by atoms with E-state index >= 15 is 0 Å². The maximum absolute atomic E-state index is 10.5. The quantitative estimate of drug-likeness (QED) is 0.155. The first-order valence-electron chi connectivity index (χ1n) is 11.8. The molecule has 1 aromatic rings. The van der Waals surface area contributed by atoms with Gasteiger partial charge in [-0.2, -0.15) is 12.1 Å². The number of benzene rings is 1. The third-order valence-corrected chi connectivity index (χ3v) is 5.33. The second-order valence-electron chi connectivity index (χ2n) is 8.60. The van der Waals surface area contributed by atoms with Crippen LogP contribution in [-0.4, -0.2) is 5.11 Å². The molecule has 0 aromatic heterocycles. The summed E-state index contributed by atoms with van der Waals surface area (Å²) in [5.41, 5.74) is 3.74. The minimum Gasteiger partial charge on any atom is -0.565 e. The van der Waals surface area contributed by atoms with Crippen molar-refractivity contribution in [3.8, 4) is 5.75 Å². The average Bonchev–Trinajstić information content (AvgIpc) is 2.67. The molecule has 0 aliphatic heterocycles. The van der Waals surface area contributed by atoms with Crippen LogP contribution in [0.3, 0.4) is 0 Å². The Morgan fingerprint density at radius 3 is 2.24 bits per heavy atom. The first-order chi connectivity index (χ1) is 13.4. The molecule has 2 rings (SSSR count). The van der Waals surface area contributed by atoms with E-state index in [0.29, 0.717) is 11.7 Å². The third-order valence-electron chi connectivity index (χ3n) is 5.33. The fourth-order valence-corrected chi connectivity index (χ4v) is 3.66. The molecule has 1 aliphatic carbocycles. The number of hydrogen-bond acceptors (Lipinski definition) is 1. The van der Waals surface area contributed by atoms with Crippen LogP contribution in [-0.2, 0) is 5.41 Å². The summed E-state index contributed by atoms with van der Waals surface area (Å²) in [5.74, 6) is 0.769. The molecule has 1 nitrogen and oxygen atoms in total. The first-order valence-corrected chi connectivity index (χ1v) is 11.8. The summed E-state index contributed by atoms with van der Waals surface area (Å²) in [5, 5.41) is 10.5. The SMILES string of the molecule is CC.CCC.CCCCCCC(C)(C)c1c[c-]c(C2C=C(C)CCC2)c(O)c1.[Ho]. The Hall–Kier alpha value is 0.0197. The molecule has 0 fully saturated rings. The van der Waals surface area contributed by atoms with Crippen LogP contribution in [0.5, 0.6) is 5.75 Å². The van der Waals surface area contributed by atoms with Crippen molar-refractivity contribution in [2.45, 2.75) is 125 Å². The fourth-order valence-electron chi connectivity index (χ4n) is 3.66. The van der Waals surface area contributed by atoms with E-state index in [-0.39, 0.29) is 43.2 Å². The average molecular weight is 553 g/mol. The molecule has 0 amide bonds. The van der Waals surface area contributed by atoms with Gasteiger partial charge in [-0.3, -0.25) is 0 Å². The van der Waals surface area contributed by atoms with Crippen LogP contribution in [0.4, 0.5) is 0 Å². The molecule has 0 saturated heterocycles. The van der Waals surface area contributed by atoms with Gasteiger partial charge in [-0.25, -0.2) is 0 Å². The molecule has 29 heavy (non-hydrogen) atoms. The summed E-state index contributed by atoms with van der Waals surface area (Å²) in [7, 11) is 0. The predicted octanol–water partition coefficient (Wildman–Crippen LogP) is 9.10. The van der Waals surface area contributed by atoms with E-state index in [1.165, 1.54) is 62.5 Å². The van der Waals surface area contributed by atoms with Crippen LogP contribution >= 0.6 is 0 Å². The molecule has 0 heterocycles. The van der Waals surface area contributed by atoms with Gasteiger partial charge in [0.05, 0.1) is 0 Å². The minimum absolute atomic E-state index is 0. The zero-order valence-electron chi connectivity index (χ0n) is 20.4. The summed E-state index contributed by atoms with van der Waals surface area (Å²) in [6, 6.07) is 7.52. The molecule has 1 atom stereocenters. The Bertz CT molecular complexity index is 560. The zero-order valence-corrected chi connectivity index (χ0v) is 22.4. The first kappa shape index (κ1) is 31.2. The van der Waals surface area contributed by atoms with E-state index in [2.05, 4.69) is 59.8 Å². The van der Waals surface area contributed by atoms with Gasteiger partial charge in [0.1, 0.15) is 0 Å². The molecule has 0 saturated carbocycles. The van der Waals surface area contributed by atoms with Crippen molar-refractivity contribution in [2.75, 3.05) is 0 Å². The van der Waals surface area contributed by atoms with E-state index in [1.54, 1.807) is 0 Å². The summed E-state index contributed by atoms with van der Waals surface area (Å²) >= 11 is 0. The van der Waals surface area contributed by atoms with E-state index in [9.17, 15) is 5.11 Å². The number of phenols is 1. The second-order valence-corrected chi connectivity index (χ2v) is 8.60. The summed E-state index contributed by atoms with van der Waals surface area (Å²) < 4.78 is 0. The van der Waals surface area contributed by atoms with Crippen molar-refractivity contribution in [2.24, 2.45) is 0 Å². The molecular formula is C27H47HoO-. The van der Waals surface area contributed by atoms with E-state index in [1.807, 2.05) is 19.9 Å². The van der Waals surface area contributed by atoms with Gasteiger partial charge in [-0.05, 0) is 32.1 Å². The number of allylic oxidation sites excluding steroid dienone is 2. The predicted molar refractivity (Wildman–Crippen MR) is 126 cm³/mol. The van der Waals surface area contributed by atoms with Crippen molar-refractivity contribution >= 4 is 0 Å². The largest absolute Gasteiger partial charge is 0.565 e. The Balaban J connectivity index is 0.